The number of rotatable bonds is 10. The fourth-order valence-electron chi connectivity index (χ4n) is 2.88. The largest absolute Gasteiger partial charge is 0.490 e. The van der Waals surface area contributed by atoms with Crippen LogP contribution in [0.4, 0.5) is 5.69 Å². The second-order valence-electron chi connectivity index (χ2n) is 6.48. The summed E-state index contributed by atoms with van der Waals surface area (Å²) in [5.41, 5.74) is 2.03. The summed E-state index contributed by atoms with van der Waals surface area (Å²) < 4.78 is 17.2. The van der Waals surface area contributed by atoms with Gasteiger partial charge >= 0.3 is 0 Å². The summed E-state index contributed by atoms with van der Waals surface area (Å²) in [6.07, 6.45) is 0. The molecule has 1 N–H and O–H groups in total. The number of nitrogens with zero attached hydrogens (tertiary/aromatic N) is 1. The molecule has 0 aromatic heterocycles. The van der Waals surface area contributed by atoms with Crippen LogP contribution in [0.3, 0.4) is 0 Å². The average Bonchev–Trinajstić information content (AvgIpc) is 2.77. The van der Waals surface area contributed by atoms with Crippen LogP contribution in [0.15, 0.2) is 66.7 Å². The zero-order valence-corrected chi connectivity index (χ0v) is 16.6. The maximum atomic E-state index is 11.4. The second-order valence-corrected chi connectivity index (χ2v) is 6.48. The zero-order valence-electron chi connectivity index (χ0n) is 16.6. The smallest absolute Gasteiger partial charge is 0.276 e. The normalized spacial score (nSPS) is 10.5. The van der Waals surface area contributed by atoms with Gasteiger partial charge in [-0.15, -0.1) is 0 Å². The third-order valence-corrected chi connectivity index (χ3v) is 4.37. The summed E-state index contributed by atoms with van der Waals surface area (Å²) in [6, 6.07) is 19.3. The summed E-state index contributed by atoms with van der Waals surface area (Å²) in [5, 5.41) is 20.7. The molecule has 0 amide bonds. The average molecular weight is 409 g/mol. The maximum Gasteiger partial charge on any atom is 0.276 e. The van der Waals surface area contributed by atoms with Crippen molar-refractivity contribution in [1.82, 2.24) is 0 Å². The number of hydrogen-bond acceptors (Lipinski definition) is 6. The van der Waals surface area contributed by atoms with E-state index in [-0.39, 0.29) is 18.9 Å². The first-order valence-electron chi connectivity index (χ1n) is 9.54. The Kier molecular flexibility index (Phi) is 7.24. The Labute approximate surface area is 174 Å². The standard InChI is InChI=1S/C23H23NO6/c1-2-28-23-12-18(14-25)8-11-22(23)30-16-19-13-20(9-10-21(19)24(26)27)29-15-17-6-4-3-5-7-17/h3-13,25H,2,14-16H2,1H3. The van der Waals surface area contributed by atoms with Crippen LogP contribution in [0.1, 0.15) is 23.6 Å². The summed E-state index contributed by atoms with van der Waals surface area (Å²) in [5.74, 6) is 1.44. The van der Waals surface area contributed by atoms with E-state index in [1.807, 2.05) is 37.3 Å². The molecule has 7 heteroatoms. The van der Waals surface area contributed by atoms with Gasteiger partial charge in [-0.05, 0) is 42.3 Å². The van der Waals surface area contributed by atoms with Crippen molar-refractivity contribution in [2.75, 3.05) is 6.61 Å². The topological polar surface area (TPSA) is 91.1 Å². The molecule has 0 aliphatic rings. The van der Waals surface area contributed by atoms with E-state index in [1.54, 1.807) is 30.3 Å². The maximum absolute atomic E-state index is 11.4. The predicted octanol–water partition coefficient (Wildman–Crippen LogP) is 4.64. The van der Waals surface area contributed by atoms with Gasteiger partial charge in [-0.1, -0.05) is 36.4 Å². The third-order valence-electron chi connectivity index (χ3n) is 4.37. The molecule has 7 nitrogen and oxygen atoms in total. The Balaban J connectivity index is 1.77. The molecule has 0 aliphatic carbocycles. The van der Waals surface area contributed by atoms with Gasteiger partial charge in [-0.25, -0.2) is 0 Å². The highest BCUT2D eigenvalue weighted by molar-refractivity contribution is 5.47. The van der Waals surface area contributed by atoms with Crippen LogP contribution in [-0.2, 0) is 19.8 Å². The van der Waals surface area contributed by atoms with Gasteiger partial charge in [-0.3, -0.25) is 10.1 Å². The van der Waals surface area contributed by atoms with E-state index in [4.69, 9.17) is 14.2 Å². The fraction of sp³-hybridized carbons (Fsp3) is 0.217. The van der Waals surface area contributed by atoms with E-state index >= 15 is 0 Å². The first kappa shape index (κ1) is 21.1. The van der Waals surface area contributed by atoms with Crippen molar-refractivity contribution in [3.8, 4) is 17.2 Å². The molecular weight excluding hydrogens is 386 g/mol. The van der Waals surface area contributed by atoms with Gasteiger partial charge in [-0.2, -0.15) is 0 Å². The highest BCUT2D eigenvalue weighted by atomic mass is 16.6. The first-order valence-corrected chi connectivity index (χ1v) is 9.54. The molecule has 156 valence electrons. The van der Waals surface area contributed by atoms with Crippen molar-refractivity contribution in [3.63, 3.8) is 0 Å². The van der Waals surface area contributed by atoms with Gasteiger partial charge in [0, 0.05) is 6.07 Å². The van der Waals surface area contributed by atoms with Crippen LogP contribution < -0.4 is 14.2 Å². The van der Waals surface area contributed by atoms with Crippen molar-refractivity contribution in [1.29, 1.82) is 0 Å². The molecule has 0 radical (unpaired) electrons. The van der Waals surface area contributed by atoms with Gasteiger partial charge in [0.05, 0.1) is 23.7 Å². The molecule has 3 rings (SSSR count). The van der Waals surface area contributed by atoms with Crippen molar-refractivity contribution in [3.05, 3.63) is 93.5 Å². The van der Waals surface area contributed by atoms with Gasteiger partial charge in [0.2, 0.25) is 0 Å². The molecule has 0 atom stereocenters. The van der Waals surface area contributed by atoms with Gasteiger partial charge in [0.25, 0.3) is 5.69 Å². The summed E-state index contributed by atoms with van der Waals surface area (Å²) in [4.78, 5) is 11.0. The number of benzene rings is 3. The quantitative estimate of drug-likeness (QED) is 0.387. The van der Waals surface area contributed by atoms with Crippen LogP contribution in [0.25, 0.3) is 0 Å². The number of nitro benzene ring substituents is 1. The molecule has 0 fully saturated rings. The summed E-state index contributed by atoms with van der Waals surface area (Å²) in [7, 11) is 0. The van der Waals surface area contributed by atoms with E-state index in [1.165, 1.54) is 6.07 Å². The van der Waals surface area contributed by atoms with Crippen LogP contribution in [0.2, 0.25) is 0 Å². The predicted molar refractivity (Wildman–Crippen MR) is 112 cm³/mol. The van der Waals surface area contributed by atoms with Gasteiger partial charge in [0.1, 0.15) is 19.0 Å². The fourth-order valence-corrected chi connectivity index (χ4v) is 2.88. The monoisotopic (exact) mass is 409 g/mol. The van der Waals surface area contributed by atoms with E-state index in [0.29, 0.717) is 41.6 Å². The van der Waals surface area contributed by atoms with Crippen molar-refractivity contribution in [2.45, 2.75) is 26.7 Å². The van der Waals surface area contributed by atoms with Crippen LogP contribution >= 0.6 is 0 Å². The minimum atomic E-state index is -0.446. The van der Waals surface area contributed by atoms with E-state index in [2.05, 4.69) is 0 Å². The molecule has 0 aliphatic heterocycles. The van der Waals surface area contributed by atoms with Gasteiger partial charge < -0.3 is 19.3 Å². The van der Waals surface area contributed by atoms with E-state index in [9.17, 15) is 15.2 Å². The highest BCUT2D eigenvalue weighted by Crippen LogP contribution is 2.31. The van der Waals surface area contributed by atoms with Crippen molar-refractivity contribution >= 4 is 5.69 Å². The Morgan fingerprint density at radius 1 is 0.867 bits per heavy atom. The Morgan fingerprint density at radius 2 is 1.67 bits per heavy atom. The number of aliphatic hydroxyl groups excluding tert-OH is 1. The molecule has 0 spiro atoms. The lowest BCUT2D eigenvalue weighted by atomic mass is 10.1. The molecule has 0 saturated carbocycles. The SMILES string of the molecule is CCOc1cc(CO)ccc1OCc1cc(OCc2ccccc2)ccc1[N+](=O)[O-]. The van der Waals surface area contributed by atoms with Crippen LogP contribution in [-0.4, -0.2) is 16.6 Å². The molecule has 3 aromatic rings. The number of ether oxygens (including phenoxy) is 3. The van der Waals surface area contributed by atoms with Crippen molar-refractivity contribution < 1.29 is 24.2 Å². The van der Waals surface area contributed by atoms with Crippen LogP contribution in [0.5, 0.6) is 17.2 Å². The van der Waals surface area contributed by atoms with E-state index < -0.39 is 4.92 Å². The highest BCUT2D eigenvalue weighted by Gasteiger charge is 2.17. The molecular formula is C23H23NO6. The Hall–Kier alpha value is -3.58. The number of hydrogen-bond donors (Lipinski definition) is 1. The second kappa shape index (κ2) is 10.3. The third kappa shape index (κ3) is 5.48. The summed E-state index contributed by atoms with van der Waals surface area (Å²) in [6.45, 7) is 2.47. The lowest BCUT2D eigenvalue weighted by molar-refractivity contribution is -0.385. The van der Waals surface area contributed by atoms with Crippen LogP contribution in [0, 0.1) is 10.1 Å². The molecule has 0 saturated heterocycles. The Morgan fingerprint density at radius 3 is 2.37 bits per heavy atom. The van der Waals surface area contributed by atoms with E-state index in [0.717, 1.165) is 5.56 Å². The molecule has 0 bridgehead atoms. The number of aliphatic hydroxyl groups is 1. The zero-order chi connectivity index (χ0) is 21.3. The van der Waals surface area contributed by atoms with Crippen molar-refractivity contribution in [2.24, 2.45) is 0 Å². The molecule has 3 aromatic carbocycles. The minimum Gasteiger partial charge on any atom is -0.490 e. The van der Waals surface area contributed by atoms with Gasteiger partial charge in [0.15, 0.2) is 11.5 Å². The minimum absolute atomic E-state index is 0.0304. The summed E-state index contributed by atoms with van der Waals surface area (Å²) >= 11 is 0. The number of nitro groups is 1. The molecule has 0 unspecified atom stereocenters. The molecule has 0 heterocycles. The Bertz CT molecular complexity index is 990. The molecule has 30 heavy (non-hydrogen) atoms. The first-order chi connectivity index (χ1) is 14.6. The lowest BCUT2D eigenvalue weighted by Crippen LogP contribution is -2.04. The lowest BCUT2D eigenvalue weighted by Gasteiger charge is -2.14.